The van der Waals surface area contributed by atoms with Crippen LogP contribution in [-0.2, 0) is 0 Å². The predicted molar refractivity (Wildman–Crippen MR) is 71.6 cm³/mol. The summed E-state index contributed by atoms with van der Waals surface area (Å²) in [7, 11) is 0. The van der Waals surface area contributed by atoms with Gasteiger partial charge < -0.3 is 15.1 Å². The highest BCUT2D eigenvalue weighted by atomic mass is 35.5. The van der Waals surface area contributed by atoms with Crippen LogP contribution in [0.1, 0.15) is 36.0 Å². The summed E-state index contributed by atoms with van der Waals surface area (Å²) in [5, 5.41) is 19.5. The second kappa shape index (κ2) is 4.60. The number of carbonyl (C=O) groups is 1. The van der Waals surface area contributed by atoms with E-state index in [1.807, 2.05) is 4.90 Å². The monoisotopic (exact) mass is 281 g/mol. The molecule has 2 N–H and O–H groups in total. The van der Waals surface area contributed by atoms with Crippen molar-refractivity contribution in [1.82, 2.24) is 4.90 Å². The fourth-order valence-electron chi connectivity index (χ4n) is 3.29. The molecule has 2 fully saturated rings. The molecule has 4 nitrogen and oxygen atoms in total. The van der Waals surface area contributed by atoms with Crippen molar-refractivity contribution >= 4 is 17.5 Å². The van der Waals surface area contributed by atoms with Crippen LogP contribution in [-0.4, -0.2) is 38.5 Å². The first-order chi connectivity index (χ1) is 9.08. The Kier molecular flexibility index (Phi) is 3.05. The minimum Gasteiger partial charge on any atom is -0.504 e. The SMILES string of the molecule is O=C(c1cccc(O)c1O)N1C2CCC1CC(Cl)C2. The topological polar surface area (TPSA) is 60.8 Å². The van der Waals surface area contributed by atoms with E-state index in [1.54, 1.807) is 12.1 Å². The number of nitrogens with zero attached hydrogens (tertiary/aromatic N) is 1. The number of para-hydroxylation sites is 1. The van der Waals surface area contributed by atoms with E-state index >= 15 is 0 Å². The first kappa shape index (κ1) is 12.6. The molecule has 2 heterocycles. The number of benzene rings is 1. The maximum absolute atomic E-state index is 12.6. The number of hydrogen-bond acceptors (Lipinski definition) is 3. The van der Waals surface area contributed by atoms with Gasteiger partial charge in [-0.25, -0.2) is 0 Å². The van der Waals surface area contributed by atoms with Crippen LogP contribution < -0.4 is 0 Å². The number of amides is 1. The molecule has 2 atom stereocenters. The van der Waals surface area contributed by atoms with E-state index in [0.717, 1.165) is 25.7 Å². The molecule has 3 rings (SSSR count). The Balaban J connectivity index is 1.91. The Morgan fingerprint density at radius 3 is 2.47 bits per heavy atom. The van der Waals surface area contributed by atoms with Gasteiger partial charge in [0, 0.05) is 17.5 Å². The third-order valence-corrected chi connectivity index (χ3v) is 4.51. The highest BCUT2D eigenvalue weighted by molar-refractivity contribution is 6.20. The fraction of sp³-hybridized carbons (Fsp3) is 0.500. The van der Waals surface area contributed by atoms with Crippen molar-refractivity contribution in [3.05, 3.63) is 23.8 Å². The van der Waals surface area contributed by atoms with Crippen molar-refractivity contribution < 1.29 is 15.0 Å². The second-order valence-electron chi connectivity index (χ2n) is 5.34. The Bertz CT molecular complexity index is 505. The number of alkyl halides is 1. The molecule has 2 aliphatic heterocycles. The molecule has 102 valence electrons. The average Bonchev–Trinajstić information content (AvgIpc) is 2.64. The highest BCUT2D eigenvalue weighted by Gasteiger charge is 2.43. The third-order valence-electron chi connectivity index (χ3n) is 4.16. The molecular weight excluding hydrogens is 266 g/mol. The molecule has 1 aromatic carbocycles. The summed E-state index contributed by atoms with van der Waals surface area (Å²) in [6, 6.07) is 4.80. The molecule has 0 spiro atoms. The van der Waals surface area contributed by atoms with E-state index < -0.39 is 0 Å². The van der Waals surface area contributed by atoms with Gasteiger partial charge in [0.05, 0.1) is 5.56 Å². The maximum Gasteiger partial charge on any atom is 0.258 e. The molecule has 1 aromatic rings. The van der Waals surface area contributed by atoms with Crippen LogP contribution in [0.5, 0.6) is 11.5 Å². The molecule has 0 saturated carbocycles. The van der Waals surface area contributed by atoms with Crippen molar-refractivity contribution in [1.29, 1.82) is 0 Å². The molecule has 2 unspecified atom stereocenters. The molecule has 2 aliphatic rings. The van der Waals surface area contributed by atoms with Crippen LogP contribution in [0.15, 0.2) is 18.2 Å². The summed E-state index contributed by atoms with van der Waals surface area (Å²) >= 11 is 6.19. The van der Waals surface area contributed by atoms with Gasteiger partial charge in [0.15, 0.2) is 11.5 Å². The zero-order chi connectivity index (χ0) is 13.6. The number of halogens is 1. The zero-order valence-electron chi connectivity index (χ0n) is 10.4. The van der Waals surface area contributed by atoms with Gasteiger partial charge in [-0.05, 0) is 37.8 Å². The average molecular weight is 282 g/mol. The van der Waals surface area contributed by atoms with E-state index in [4.69, 9.17) is 11.6 Å². The summed E-state index contributed by atoms with van der Waals surface area (Å²) in [5.74, 6) is -0.796. The number of fused-ring (bicyclic) bond motifs is 2. The van der Waals surface area contributed by atoms with Gasteiger partial charge in [0.1, 0.15) is 0 Å². The Labute approximate surface area is 116 Å². The van der Waals surface area contributed by atoms with E-state index in [9.17, 15) is 15.0 Å². The molecule has 0 radical (unpaired) electrons. The minimum atomic E-state index is -0.333. The Morgan fingerprint density at radius 1 is 1.21 bits per heavy atom. The minimum absolute atomic E-state index is 0.138. The molecule has 0 aromatic heterocycles. The second-order valence-corrected chi connectivity index (χ2v) is 5.96. The number of piperidine rings is 1. The molecule has 1 amide bonds. The summed E-state index contributed by atoms with van der Waals surface area (Å²) in [5.41, 5.74) is 0.171. The van der Waals surface area contributed by atoms with E-state index in [2.05, 4.69) is 0 Å². The molecule has 19 heavy (non-hydrogen) atoms. The lowest BCUT2D eigenvalue weighted by Gasteiger charge is -2.37. The molecule has 5 heteroatoms. The van der Waals surface area contributed by atoms with Crippen LogP contribution in [0, 0.1) is 0 Å². The fourth-order valence-corrected chi connectivity index (χ4v) is 3.70. The van der Waals surface area contributed by atoms with E-state index in [-0.39, 0.29) is 40.4 Å². The number of hydrogen-bond donors (Lipinski definition) is 2. The highest BCUT2D eigenvalue weighted by Crippen LogP contribution is 2.40. The molecule has 2 bridgehead atoms. The molecule has 0 aliphatic carbocycles. The third kappa shape index (κ3) is 2.04. The smallest absolute Gasteiger partial charge is 0.258 e. The first-order valence-corrected chi connectivity index (χ1v) is 6.99. The number of aromatic hydroxyl groups is 2. The number of phenols is 2. The Morgan fingerprint density at radius 2 is 1.84 bits per heavy atom. The molecule has 2 saturated heterocycles. The lowest BCUT2D eigenvalue weighted by atomic mass is 10.0. The quantitative estimate of drug-likeness (QED) is 0.614. The van der Waals surface area contributed by atoms with Crippen molar-refractivity contribution in [2.24, 2.45) is 0 Å². The number of phenolic OH excluding ortho intramolecular Hbond substituents is 2. The van der Waals surface area contributed by atoms with Crippen LogP contribution in [0.3, 0.4) is 0 Å². The normalized spacial score (nSPS) is 29.5. The van der Waals surface area contributed by atoms with Crippen LogP contribution in [0.4, 0.5) is 0 Å². The van der Waals surface area contributed by atoms with Gasteiger partial charge in [-0.1, -0.05) is 6.07 Å². The van der Waals surface area contributed by atoms with Crippen molar-refractivity contribution in [3.8, 4) is 11.5 Å². The van der Waals surface area contributed by atoms with Crippen molar-refractivity contribution in [3.63, 3.8) is 0 Å². The molecular formula is C14H16ClNO3. The van der Waals surface area contributed by atoms with Gasteiger partial charge >= 0.3 is 0 Å². The van der Waals surface area contributed by atoms with Crippen molar-refractivity contribution in [2.45, 2.75) is 43.1 Å². The summed E-state index contributed by atoms with van der Waals surface area (Å²) in [4.78, 5) is 14.4. The van der Waals surface area contributed by atoms with Crippen LogP contribution >= 0.6 is 11.6 Å². The van der Waals surface area contributed by atoms with Crippen molar-refractivity contribution in [2.75, 3.05) is 0 Å². The number of carbonyl (C=O) groups excluding carboxylic acids is 1. The van der Waals surface area contributed by atoms with Gasteiger partial charge in [0.2, 0.25) is 0 Å². The van der Waals surface area contributed by atoms with E-state index in [0.29, 0.717) is 0 Å². The largest absolute Gasteiger partial charge is 0.504 e. The maximum atomic E-state index is 12.6. The standard InChI is InChI=1S/C14H16ClNO3/c15-8-6-9-4-5-10(7-8)16(9)14(19)11-2-1-3-12(17)13(11)18/h1-3,8-10,17-18H,4-7H2. The summed E-state index contributed by atoms with van der Waals surface area (Å²) in [6.45, 7) is 0. The van der Waals surface area contributed by atoms with Gasteiger partial charge in [-0.15, -0.1) is 11.6 Å². The first-order valence-electron chi connectivity index (χ1n) is 6.55. The Hall–Kier alpha value is -1.42. The van der Waals surface area contributed by atoms with Crippen LogP contribution in [0.2, 0.25) is 0 Å². The van der Waals surface area contributed by atoms with Gasteiger partial charge in [-0.3, -0.25) is 4.79 Å². The van der Waals surface area contributed by atoms with Crippen LogP contribution in [0.25, 0.3) is 0 Å². The number of rotatable bonds is 1. The summed E-state index contributed by atoms with van der Waals surface area (Å²) in [6.07, 6.45) is 3.56. The zero-order valence-corrected chi connectivity index (χ0v) is 11.2. The van der Waals surface area contributed by atoms with E-state index in [1.165, 1.54) is 6.07 Å². The van der Waals surface area contributed by atoms with Gasteiger partial charge in [-0.2, -0.15) is 0 Å². The summed E-state index contributed by atoms with van der Waals surface area (Å²) < 4.78 is 0. The lowest BCUT2D eigenvalue weighted by molar-refractivity contribution is 0.0596. The lowest BCUT2D eigenvalue weighted by Crippen LogP contribution is -2.46. The predicted octanol–water partition coefficient (Wildman–Crippen LogP) is 2.47. The van der Waals surface area contributed by atoms with Gasteiger partial charge in [0.25, 0.3) is 5.91 Å².